The molecule has 5 heteroatoms. The number of anilines is 1. The van der Waals surface area contributed by atoms with Crippen molar-refractivity contribution in [2.75, 3.05) is 11.9 Å². The molecule has 0 spiro atoms. The second-order valence-corrected chi connectivity index (χ2v) is 5.34. The number of halogens is 1. The second kappa shape index (κ2) is 7.33. The topological polar surface area (TPSA) is 51.5 Å². The molecule has 1 heterocycles. The number of nitrogens with one attached hydrogen (secondary N) is 1. The Kier molecular flexibility index (Phi) is 5.46. The van der Waals surface area contributed by atoms with Crippen LogP contribution in [0.1, 0.15) is 29.5 Å². The Morgan fingerprint density at radius 3 is 2.60 bits per heavy atom. The number of rotatable bonds is 6. The van der Waals surface area contributed by atoms with E-state index in [0.717, 1.165) is 21.6 Å². The maximum Gasteiger partial charge on any atom is 0.338 e. The van der Waals surface area contributed by atoms with Crippen molar-refractivity contribution in [3.63, 3.8) is 0 Å². The molecule has 0 bridgehead atoms. The molecule has 1 aromatic heterocycles. The van der Waals surface area contributed by atoms with Gasteiger partial charge in [-0.15, -0.1) is 0 Å². The summed E-state index contributed by atoms with van der Waals surface area (Å²) < 4.78 is 11.4. The van der Waals surface area contributed by atoms with Crippen LogP contribution in [-0.2, 0) is 11.3 Å². The first kappa shape index (κ1) is 14.9. The highest BCUT2D eigenvalue weighted by Crippen LogP contribution is 2.14. The smallest absolute Gasteiger partial charge is 0.338 e. The molecule has 2 aromatic rings. The molecule has 0 aliphatic rings. The van der Waals surface area contributed by atoms with E-state index in [1.54, 1.807) is 12.1 Å². The lowest BCUT2D eigenvalue weighted by Gasteiger charge is -2.06. The third kappa shape index (κ3) is 4.26. The second-order valence-electron chi connectivity index (χ2n) is 4.27. The maximum atomic E-state index is 11.6. The summed E-state index contributed by atoms with van der Waals surface area (Å²) in [6.07, 6.45) is 0.827. The van der Waals surface area contributed by atoms with Gasteiger partial charge >= 0.3 is 5.97 Å². The van der Waals surface area contributed by atoms with E-state index in [9.17, 15) is 4.79 Å². The molecule has 0 aliphatic heterocycles. The van der Waals surface area contributed by atoms with Crippen LogP contribution in [0.15, 0.2) is 40.8 Å². The number of hydrogen-bond acceptors (Lipinski definition) is 4. The SMILES string of the molecule is CCCOC(=O)c1ccc(NCc2ccc(I)o2)cc1. The van der Waals surface area contributed by atoms with Crippen molar-refractivity contribution < 1.29 is 13.9 Å². The fourth-order valence-corrected chi connectivity index (χ4v) is 2.10. The number of furan rings is 1. The average Bonchev–Trinajstić information content (AvgIpc) is 2.89. The highest BCUT2D eigenvalue weighted by Gasteiger charge is 2.06. The van der Waals surface area contributed by atoms with Gasteiger partial charge in [0.05, 0.1) is 18.7 Å². The Labute approximate surface area is 131 Å². The van der Waals surface area contributed by atoms with Crippen molar-refractivity contribution in [1.29, 1.82) is 0 Å². The Morgan fingerprint density at radius 1 is 1.25 bits per heavy atom. The molecule has 0 aliphatic carbocycles. The minimum absolute atomic E-state index is 0.279. The number of carbonyl (C=O) groups is 1. The normalized spacial score (nSPS) is 10.3. The van der Waals surface area contributed by atoms with Gasteiger partial charge in [0.15, 0.2) is 3.77 Å². The lowest BCUT2D eigenvalue weighted by Crippen LogP contribution is -2.06. The van der Waals surface area contributed by atoms with E-state index < -0.39 is 0 Å². The summed E-state index contributed by atoms with van der Waals surface area (Å²) in [5.41, 5.74) is 1.50. The number of esters is 1. The molecular formula is C15H16INO3. The van der Waals surface area contributed by atoms with Crippen LogP contribution in [-0.4, -0.2) is 12.6 Å². The first-order valence-corrected chi connectivity index (χ1v) is 7.52. The summed E-state index contributed by atoms with van der Waals surface area (Å²) in [5, 5.41) is 3.23. The van der Waals surface area contributed by atoms with E-state index in [-0.39, 0.29) is 5.97 Å². The number of hydrogen-bond donors (Lipinski definition) is 1. The van der Waals surface area contributed by atoms with Crippen LogP contribution in [0, 0.1) is 3.77 Å². The van der Waals surface area contributed by atoms with Crippen molar-refractivity contribution in [3.05, 3.63) is 51.5 Å². The van der Waals surface area contributed by atoms with Crippen molar-refractivity contribution >= 4 is 34.2 Å². The summed E-state index contributed by atoms with van der Waals surface area (Å²) in [6, 6.07) is 11.1. The molecule has 0 saturated heterocycles. The number of carbonyl (C=O) groups excluding carboxylic acids is 1. The van der Waals surface area contributed by atoms with Gasteiger partial charge in [-0.05, 0) is 65.4 Å². The first-order chi connectivity index (χ1) is 9.69. The molecule has 0 radical (unpaired) electrons. The van der Waals surface area contributed by atoms with Crippen LogP contribution in [0.2, 0.25) is 0 Å². The predicted molar refractivity (Wildman–Crippen MR) is 85.8 cm³/mol. The van der Waals surface area contributed by atoms with Crippen molar-refractivity contribution in [3.8, 4) is 0 Å². The fourth-order valence-electron chi connectivity index (χ4n) is 1.64. The minimum atomic E-state index is -0.279. The standard InChI is InChI=1S/C15H16INO3/c1-2-9-19-15(18)11-3-5-12(6-4-11)17-10-13-7-8-14(16)20-13/h3-8,17H,2,9-10H2,1H3. The van der Waals surface area contributed by atoms with Crippen LogP contribution in [0.25, 0.3) is 0 Å². The molecule has 0 amide bonds. The van der Waals surface area contributed by atoms with E-state index in [4.69, 9.17) is 9.15 Å². The highest BCUT2D eigenvalue weighted by molar-refractivity contribution is 14.1. The van der Waals surface area contributed by atoms with Gasteiger partial charge in [-0.2, -0.15) is 0 Å². The molecule has 1 N–H and O–H groups in total. The van der Waals surface area contributed by atoms with Crippen LogP contribution >= 0.6 is 22.6 Å². The lowest BCUT2D eigenvalue weighted by atomic mass is 10.2. The van der Waals surface area contributed by atoms with E-state index in [0.29, 0.717) is 18.7 Å². The van der Waals surface area contributed by atoms with Crippen molar-refractivity contribution in [1.82, 2.24) is 0 Å². The first-order valence-electron chi connectivity index (χ1n) is 6.44. The van der Waals surface area contributed by atoms with Gasteiger partial charge in [-0.25, -0.2) is 4.79 Å². The molecule has 0 atom stereocenters. The molecule has 0 fully saturated rings. The van der Waals surface area contributed by atoms with Gasteiger partial charge in [-0.1, -0.05) is 6.92 Å². The van der Waals surface area contributed by atoms with Crippen molar-refractivity contribution in [2.45, 2.75) is 19.9 Å². The number of ether oxygens (including phenoxy) is 1. The molecule has 2 rings (SSSR count). The summed E-state index contributed by atoms with van der Waals surface area (Å²) in [4.78, 5) is 11.6. The van der Waals surface area contributed by atoms with Crippen LogP contribution in [0.4, 0.5) is 5.69 Å². The summed E-state index contributed by atoms with van der Waals surface area (Å²) >= 11 is 2.13. The Hall–Kier alpha value is -1.50. The molecule has 106 valence electrons. The molecule has 4 nitrogen and oxygen atoms in total. The zero-order valence-corrected chi connectivity index (χ0v) is 13.3. The molecule has 1 aromatic carbocycles. The zero-order chi connectivity index (χ0) is 14.4. The summed E-state index contributed by atoms with van der Waals surface area (Å²) in [7, 11) is 0. The summed E-state index contributed by atoms with van der Waals surface area (Å²) in [5.74, 6) is 0.597. The van der Waals surface area contributed by atoms with Gasteiger partial charge in [-0.3, -0.25) is 0 Å². The van der Waals surface area contributed by atoms with E-state index in [1.807, 2.05) is 31.2 Å². The number of benzene rings is 1. The van der Waals surface area contributed by atoms with Crippen LogP contribution < -0.4 is 5.32 Å². The maximum absolute atomic E-state index is 11.6. The monoisotopic (exact) mass is 385 g/mol. The Bertz CT molecular complexity index is 563. The molecule has 0 unspecified atom stereocenters. The lowest BCUT2D eigenvalue weighted by molar-refractivity contribution is 0.0505. The largest absolute Gasteiger partial charge is 0.462 e. The van der Waals surface area contributed by atoms with E-state index >= 15 is 0 Å². The summed E-state index contributed by atoms with van der Waals surface area (Å²) in [6.45, 7) is 3.04. The Morgan fingerprint density at radius 2 is 2.00 bits per heavy atom. The fraction of sp³-hybridized carbons (Fsp3) is 0.267. The third-order valence-electron chi connectivity index (χ3n) is 2.65. The zero-order valence-electron chi connectivity index (χ0n) is 11.2. The third-order valence-corrected chi connectivity index (χ3v) is 3.23. The predicted octanol–water partition coefficient (Wildman–Crippen LogP) is 4.06. The van der Waals surface area contributed by atoms with Gasteiger partial charge in [0.2, 0.25) is 0 Å². The van der Waals surface area contributed by atoms with Crippen LogP contribution in [0.5, 0.6) is 0 Å². The molecular weight excluding hydrogens is 369 g/mol. The van der Waals surface area contributed by atoms with Gasteiger partial charge in [0, 0.05) is 5.69 Å². The van der Waals surface area contributed by atoms with Gasteiger partial charge < -0.3 is 14.5 Å². The van der Waals surface area contributed by atoms with E-state index in [1.165, 1.54) is 0 Å². The average molecular weight is 385 g/mol. The van der Waals surface area contributed by atoms with Gasteiger partial charge in [0.1, 0.15) is 5.76 Å². The Balaban J connectivity index is 1.89. The van der Waals surface area contributed by atoms with Crippen molar-refractivity contribution in [2.24, 2.45) is 0 Å². The van der Waals surface area contributed by atoms with E-state index in [2.05, 4.69) is 27.9 Å². The highest BCUT2D eigenvalue weighted by atomic mass is 127. The van der Waals surface area contributed by atoms with Crippen LogP contribution in [0.3, 0.4) is 0 Å². The molecule has 0 saturated carbocycles. The molecule has 20 heavy (non-hydrogen) atoms. The minimum Gasteiger partial charge on any atom is -0.462 e. The quantitative estimate of drug-likeness (QED) is 0.602. The van der Waals surface area contributed by atoms with Gasteiger partial charge in [0.25, 0.3) is 0 Å².